The number of likely N-dealkylation sites (tertiary alicyclic amines) is 1. The molecule has 9 nitrogen and oxygen atoms in total. The van der Waals surface area contributed by atoms with Crippen molar-refractivity contribution in [2.75, 3.05) is 19.7 Å². The Bertz CT molecular complexity index is 839. The number of aromatic nitrogens is 3. The minimum Gasteiger partial charge on any atom is -0.395 e. The van der Waals surface area contributed by atoms with Gasteiger partial charge in [-0.1, -0.05) is 19.8 Å². The summed E-state index contributed by atoms with van der Waals surface area (Å²) in [5.74, 6) is 0.226. The number of fused-ring (bicyclic) bond motifs is 1. The summed E-state index contributed by atoms with van der Waals surface area (Å²) in [6.45, 7) is 2.99. The van der Waals surface area contributed by atoms with Crippen molar-refractivity contribution in [3.8, 4) is 0 Å². The topological polar surface area (TPSA) is 112 Å². The average Bonchev–Trinajstić information content (AvgIpc) is 3.35. The molecule has 3 heterocycles. The smallest absolute Gasteiger partial charge is 0.233 e. The molecule has 29 heavy (non-hydrogen) atoms. The summed E-state index contributed by atoms with van der Waals surface area (Å²) in [5, 5.41) is 19.7. The van der Waals surface area contributed by atoms with Gasteiger partial charge in [0.15, 0.2) is 0 Å². The van der Waals surface area contributed by atoms with Gasteiger partial charge < -0.3 is 14.6 Å². The molecule has 2 N–H and O–H groups in total. The standard InChI is InChI=1S/C20H29N5O4/c1-2-3-5-15(13-23(29)14-27)20(28)25-9-4-6-17(25)19-22-16-7-8-21-12-18(16)24(19)10-11-26/h7-8,12,14-15,17,26,29H,2-6,9-11,13H2,1H3/t15-,17+/m1/s1. The number of amides is 2. The Morgan fingerprint density at radius 3 is 3.03 bits per heavy atom. The summed E-state index contributed by atoms with van der Waals surface area (Å²) in [5.41, 5.74) is 1.62. The van der Waals surface area contributed by atoms with Crippen molar-refractivity contribution < 1.29 is 19.9 Å². The van der Waals surface area contributed by atoms with Crippen LogP contribution in [0.4, 0.5) is 0 Å². The third kappa shape index (κ3) is 4.56. The number of hydrogen-bond donors (Lipinski definition) is 2. The van der Waals surface area contributed by atoms with Crippen LogP contribution in [0.2, 0.25) is 0 Å². The Morgan fingerprint density at radius 2 is 2.31 bits per heavy atom. The molecule has 0 aliphatic carbocycles. The molecule has 1 aliphatic heterocycles. The first-order chi connectivity index (χ1) is 14.1. The second-order valence-corrected chi connectivity index (χ2v) is 7.47. The molecule has 1 fully saturated rings. The molecule has 3 rings (SSSR count). The minimum atomic E-state index is -0.455. The van der Waals surface area contributed by atoms with Gasteiger partial charge in [0.1, 0.15) is 5.82 Å². The molecule has 0 bridgehead atoms. The van der Waals surface area contributed by atoms with E-state index in [0.717, 1.165) is 42.5 Å². The van der Waals surface area contributed by atoms with Crippen molar-refractivity contribution in [1.82, 2.24) is 24.5 Å². The Labute approximate surface area is 169 Å². The van der Waals surface area contributed by atoms with E-state index in [9.17, 15) is 19.9 Å². The number of aliphatic hydroxyl groups excluding tert-OH is 1. The summed E-state index contributed by atoms with van der Waals surface area (Å²) in [6, 6.07) is 1.62. The first kappa shape index (κ1) is 21.2. The van der Waals surface area contributed by atoms with Crippen LogP contribution in [0.25, 0.3) is 11.0 Å². The van der Waals surface area contributed by atoms with Gasteiger partial charge in [-0.05, 0) is 25.3 Å². The van der Waals surface area contributed by atoms with E-state index in [2.05, 4.69) is 4.98 Å². The molecule has 2 atom stereocenters. The van der Waals surface area contributed by atoms with E-state index in [1.54, 1.807) is 12.4 Å². The molecular weight excluding hydrogens is 374 g/mol. The summed E-state index contributed by atoms with van der Waals surface area (Å²) in [4.78, 5) is 34.9. The highest BCUT2D eigenvalue weighted by atomic mass is 16.5. The molecule has 1 aliphatic rings. The Kier molecular flexibility index (Phi) is 7.16. The SMILES string of the molecule is CCCC[C@H](CN(O)C=O)C(=O)N1CCC[C@H]1c1nc2ccncc2n1CCO. The number of hydrogen-bond acceptors (Lipinski definition) is 6. The zero-order valence-electron chi connectivity index (χ0n) is 16.8. The fourth-order valence-corrected chi connectivity index (χ4v) is 4.12. The van der Waals surface area contributed by atoms with Crippen molar-refractivity contribution in [3.05, 3.63) is 24.3 Å². The van der Waals surface area contributed by atoms with E-state index in [0.29, 0.717) is 31.0 Å². The van der Waals surface area contributed by atoms with Crippen molar-refractivity contribution >= 4 is 23.4 Å². The van der Waals surface area contributed by atoms with Crippen LogP contribution in [0.3, 0.4) is 0 Å². The summed E-state index contributed by atoms with van der Waals surface area (Å²) >= 11 is 0. The molecule has 0 unspecified atom stereocenters. The number of carbonyl (C=O) groups excluding carboxylic acids is 2. The molecule has 0 aromatic carbocycles. The maximum atomic E-state index is 13.3. The van der Waals surface area contributed by atoms with Crippen molar-refractivity contribution in [2.24, 2.45) is 5.92 Å². The number of rotatable bonds is 10. The first-order valence-electron chi connectivity index (χ1n) is 10.2. The lowest BCUT2D eigenvalue weighted by Crippen LogP contribution is -2.41. The third-order valence-electron chi connectivity index (χ3n) is 5.52. The lowest BCUT2D eigenvalue weighted by atomic mass is 9.99. The van der Waals surface area contributed by atoms with Crippen LogP contribution in [0.5, 0.6) is 0 Å². The number of carbonyl (C=O) groups is 2. The summed E-state index contributed by atoms with van der Waals surface area (Å²) in [6.07, 6.45) is 7.76. The average molecular weight is 403 g/mol. The number of pyridine rings is 1. The number of unbranched alkanes of at least 4 members (excludes halogenated alkanes) is 1. The van der Waals surface area contributed by atoms with Gasteiger partial charge in [-0.25, -0.2) is 10.0 Å². The highest BCUT2D eigenvalue weighted by molar-refractivity contribution is 5.80. The molecule has 2 amide bonds. The summed E-state index contributed by atoms with van der Waals surface area (Å²) in [7, 11) is 0. The highest BCUT2D eigenvalue weighted by Crippen LogP contribution is 2.35. The number of hydroxylamine groups is 2. The van der Waals surface area contributed by atoms with Crippen molar-refractivity contribution in [2.45, 2.75) is 51.6 Å². The normalized spacial score (nSPS) is 17.6. The van der Waals surface area contributed by atoms with Gasteiger partial charge in [0.25, 0.3) is 0 Å². The number of nitrogens with zero attached hydrogens (tertiary/aromatic N) is 5. The lowest BCUT2D eigenvalue weighted by molar-refractivity contribution is -0.157. The van der Waals surface area contributed by atoms with Crippen LogP contribution in [-0.4, -0.2) is 66.8 Å². The predicted molar refractivity (Wildman–Crippen MR) is 106 cm³/mol. The van der Waals surface area contributed by atoms with Gasteiger partial charge in [0.05, 0.1) is 42.3 Å². The second kappa shape index (κ2) is 9.80. The van der Waals surface area contributed by atoms with Crippen LogP contribution >= 0.6 is 0 Å². The third-order valence-corrected chi connectivity index (χ3v) is 5.52. The Morgan fingerprint density at radius 1 is 1.48 bits per heavy atom. The molecule has 1 saturated heterocycles. The van der Waals surface area contributed by atoms with E-state index < -0.39 is 5.92 Å². The maximum Gasteiger partial charge on any atom is 0.233 e. The zero-order chi connectivity index (χ0) is 20.8. The molecule has 2 aromatic heterocycles. The van der Waals surface area contributed by atoms with Gasteiger partial charge in [0.2, 0.25) is 12.3 Å². The monoisotopic (exact) mass is 403 g/mol. The number of imidazole rings is 1. The fourth-order valence-electron chi connectivity index (χ4n) is 4.12. The number of aliphatic hydroxyl groups is 1. The van der Waals surface area contributed by atoms with E-state index in [1.807, 2.05) is 22.5 Å². The highest BCUT2D eigenvalue weighted by Gasteiger charge is 2.37. The molecule has 0 radical (unpaired) electrons. The predicted octanol–water partition coefficient (Wildman–Crippen LogP) is 1.74. The van der Waals surface area contributed by atoms with Crippen molar-refractivity contribution in [3.63, 3.8) is 0 Å². The first-order valence-corrected chi connectivity index (χ1v) is 10.2. The van der Waals surface area contributed by atoms with Gasteiger partial charge in [-0.2, -0.15) is 0 Å². The second-order valence-electron chi connectivity index (χ2n) is 7.47. The van der Waals surface area contributed by atoms with Crippen LogP contribution in [-0.2, 0) is 16.1 Å². The van der Waals surface area contributed by atoms with Gasteiger partial charge in [-0.15, -0.1) is 0 Å². The quantitative estimate of drug-likeness (QED) is 0.355. The molecule has 158 valence electrons. The molecule has 9 heteroatoms. The van der Waals surface area contributed by atoms with Crippen LogP contribution in [0.1, 0.15) is 50.9 Å². The molecular formula is C20H29N5O4. The van der Waals surface area contributed by atoms with E-state index >= 15 is 0 Å². The molecule has 0 saturated carbocycles. The minimum absolute atomic E-state index is 0.0114. The van der Waals surface area contributed by atoms with Gasteiger partial charge >= 0.3 is 0 Å². The molecule has 2 aromatic rings. The van der Waals surface area contributed by atoms with Crippen LogP contribution in [0.15, 0.2) is 18.5 Å². The van der Waals surface area contributed by atoms with E-state index in [1.165, 1.54) is 0 Å². The zero-order valence-corrected chi connectivity index (χ0v) is 16.8. The van der Waals surface area contributed by atoms with Crippen LogP contribution in [0, 0.1) is 5.92 Å². The fraction of sp³-hybridized carbons (Fsp3) is 0.600. The maximum absolute atomic E-state index is 13.3. The van der Waals surface area contributed by atoms with E-state index in [4.69, 9.17) is 4.98 Å². The van der Waals surface area contributed by atoms with Crippen molar-refractivity contribution in [1.29, 1.82) is 0 Å². The summed E-state index contributed by atoms with van der Waals surface area (Å²) < 4.78 is 1.93. The van der Waals surface area contributed by atoms with Crippen LogP contribution < -0.4 is 0 Å². The van der Waals surface area contributed by atoms with Gasteiger partial charge in [0, 0.05) is 19.3 Å². The van der Waals surface area contributed by atoms with Gasteiger partial charge in [-0.3, -0.25) is 19.8 Å². The largest absolute Gasteiger partial charge is 0.395 e. The molecule has 0 spiro atoms. The lowest BCUT2D eigenvalue weighted by Gasteiger charge is -2.29. The Balaban J connectivity index is 1.90. The van der Waals surface area contributed by atoms with E-state index in [-0.39, 0.29) is 25.1 Å². The Hall–Kier alpha value is -2.52.